The van der Waals surface area contributed by atoms with E-state index in [0.717, 1.165) is 0 Å². The molecule has 2 aromatic rings. The van der Waals surface area contributed by atoms with Crippen LogP contribution in [0.2, 0.25) is 5.02 Å². The Kier molecular flexibility index (Phi) is 5.31. The number of nitro groups is 1. The minimum absolute atomic E-state index is 0.0852. The van der Waals surface area contributed by atoms with Crippen LogP contribution in [0.15, 0.2) is 42.5 Å². The molecule has 2 rings (SSSR count). The first kappa shape index (κ1) is 16.9. The summed E-state index contributed by atoms with van der Waals surface area (Å²) < 4.78 is 0. The third-order valence-corrected chi connectivity index (χ3v) is 3.59. The third-order valence-electron chi connectivity index (χ3n) is 3.34. The van der Waals surface area contributed by atoms with Crippen molar-refractivity contribution >= 4 is 28.8 Å². The molecule has 2 aromatic carbocycles. The van der Waals surface area contributed by atoms with E-state index < -0.39 is 11.0 Å². The van der Waals surface area contributed by atoms with Crippen molar-refractivity contribution in [3.8, 4) is 0 Å². The first-order valence-corrected chi connectivity index (χ1v) is 7.23. The number of benzene rings is 2. The van der Waals surface area contributed by atoms with Crippen LogP contribution in [0.1, 0.15) is 28.9 Å². The first-order chi connectivity index (χ1) is 10.9. The van der Waals surface area contributed by atoms with Crippen LogP contribution in [-0.4, -0.2) is 22.4 Å². The monoisotopic (exact) mass is 334 g/mol. The number of nitrogens with zero attached hydrogens (tertiary/aromatic N) is 1. The molecule has 23 heavy (non-hydrogen) atoms. The summed E-state index contributed by atoms with van der Waals surface area (Å²) >= 11 is 5.79. The molecule has 0 saturated carbocycles. The molecule has 0 aromatic heterocycles. The van der Waals surface area contributed by atoms with Gasteiger partial charge in [0.05, 0.1) is 11.0 Å². The predicted octanol–water partition coefficient (Wildman–Crippen LogP) is 3.60. The van der Waals surface area contributed by atoms with Crippen LogP contribution in [0.4, 0.5) is 11.4 Å². The van der Waals surface area contributed by atoms with Crippen molar-refractivity contribution in [1.29, 1.82) is 0 Å². The number of hydrogen-bond acceptors (Lipinski definition) is 5. The number of Topliss-reactive ketones (excluding diaryl/α,β-unsaturated/α-hetero) is 1. The van der Waals surface area contributed by atoms with E-state index in [1.54, 1.807) is 24.3 Å². The summed E-state index contributed by atoms with van der Waals surface area (Å²) in [6.07, 6.45) is -0.848. The van der Waals surface area contributed by atoms with E-state index in [9.17, 15) is 20.0 Å². The predicted molar refractivity (Wildman–Crippen MR) is 88.0 cm³/mol. The van der Waals surface area contributed by atoms with Gasteiger partial charge >= 0.3 is 0 Å². The van der Waals surface area contributed by atoms with Crippen molar-refractivity contribution in [2.75, 3.05) is 11.9 Å². The number of carbonyl (C=O) groups is 1. The van der Waals surface area contributed by atoms with E-state index in [4.69, 9.17) is 11.6 Å². The number of ketones is 1. The lowest BCUT2D eigenvalue weighted by atomic mass is 10.1. The highest BCUT2D eigenvalue weighted by Crippen LogP contribution is 2.27. The second-order valence-electron chi connectivity index (χ2n) is 4.99. The Morgan fingerprint density at radius 3 is 2.52 bits per heavy atom. The van der Waals surface area contributed by atoms with Crippen molar-refractivity contribution in [2.45, 2.75) is 13.0 Å². The highest BCUT2D eigenvalue weighted by molar-refractivity contribution is 6.30. The van der Waals surface area contributed by atoms with E-state index in [1.807, 2.05) is 0 Å². The van der Waals surface area contributed by atoms with Crippen LogP contribution < -0.4 is 5.32 Å². The van der Waals surface area contributed by atoms with Gasteiger partial charge in [0.25, 0.3) is 5.69 Å². The van der Waals surface area contributed by atoms with Gasteiger partial charge in [0.15, 0.2) is 5.78 Å². The largest absolute Gasteiger partial charge is 0.387 e. The third kappa shape index (κ3) is 4.28. The fraction of sp³-hybridized carbons (Fsp3) is 0.188. The van der Waals surface area contributed by atoms with Gasteiger partial charge in [-0.15, -0.1) is 0 Å². The van der Waals surface area contributed by atoms with E-state index in [2.05, 4.69) is 5.32 Å². The molecular formula is C16H15ClN2O4. The second-order valence-corrected chi connectivity index (χ2v) is 5.43. The highest BCUT2D eigenvalue weighted by Gasteiger charge is 2.17. The maximum atomic E-state index is 11.3. The van der Waals surface area contributed by atoms with E-state index in [0.29, 0.717) is 10.6 Å². The van der Waals surface area contributed by atoms with Crippen LogP contribution >= 0.6 is 11.6 Å². The maximum absolute atomic E-state index is 11.3. The Morgan fingerprint density at radius 1 is 1.30 bits per heavy atom. The zero-order chi connectivity index (χ0) is 17.0. The van der Waals surface area contributed by atoms with Crippen LogP contribution in [0.5, 0.6) is 0 Å². The van der Waals surface area contributed by atoms with Gasteiger partial charge in [0.2, 0.25) is 0 Å². The van der Waals surface area contributed by atoms with Gasteiger partial charge in [-0.2, -0.15) is 0 Å². The second kappa shape index (κ2) is 7.21. The number of hydrogen-bond donors (Lipinski definition) is 2. The average molecular weight is 335 g/mol. The number of anilines is 1. The summed E-state index contributed by atoms with van der Waals surface area (Å²) in [5.41, 5.74) is 0.944. The van der Waals surface area contributed by atoms with Gasteiger partial charge in [0.1, 0.15) is 5.69 Å². The molecule has 7 heteroatoms. The molecule has 0 unspecified atom stereocenters. The Morgan fingerprint density at radius 2 is 1.96 bits per heavy atom. The number of halogens is 1. The molecule has 0 spiro atoms. The first-order valence-electron chi connectivity index (χ1n) is 6.85. The Labute approximate surface area is 137 Å². The van der Waals surface area contributed by atoms with E-state index in [1.165, 1.54) is 25.1 Å². The lowest BCUT2D eigenvalue weighted by Gasteiger charge is -2.13. The number of rotatable bonds is 6. The zero-order valence-electron chi connectivity index (χ0n) is 12.3. The molecule has 0 radical (unpaired) electrons. The van der Waals surface area contributed by atoms with Crippen LogP contribution in [-0.2, 0) is 0 Å². The van der Waals surface area contributed by atoms with E-state index >= 15 is 0 Å². The van der Waals surface area contributed by atoms with Crippen molar-refractivity contribution in [3.05, 3.63) is 68.7 Å². The topological polar surface area (TPSA) is 92.5 Å². The number of nitrogens with one attached hydrogen (secondary N) is 1. The number of aliphatic hydroxyl groups is 1. The van der Waals surface area contributed by atoms with Crippen LogP contribution in [0.25, 0.3) is 0 Å². The Balaban J connectivity index is 2.14. The van der Waals surface area contributed by atoms with Crippen LogP contribution in [0, 0.1) is 10.1 Å². The lowest BCUT2D eigenvalue weighted by Crippen LogP contribution is -2.13. The Hall–Kier alpha value is -2.44. The molecule has 0 aliphatic heterocycles. The maximum Gasteiger partial charge on any atom is 0.293 e. The fourth-order valence-corrected chi connectivity index (χ4v) is 2.19. The molecule has 0 amide bonds. The summed E-state index contributed by atoms with van der Waals surface area (Å²) in [6.45, 7) is 1.43. The zero-order valence-corrected chi connectivity index (χ0v) is 13.1. The van der Waals surface area contributed by atoms with Gasteiger partial charge in [0, 0.05) is 23.2 Å². The summed E-state index contributed by atoms with van der Waals surface area (Å²) in [7, 11) is 0. The molecule has 1 atom stereocenters. The summed E-state index contributed by atoms with van der Waals surface area (Å²) in [5, 5.41) is 24.6. The molecular weight excluding hydrogens is 320 g/mol. The summed E-state index contributed by atoms with van der Waals surface area (Å²) in [5.74, 6) is -0.249. The molecule has 0 heterocycles. The SMILES string of the molecule is CC(=O)c1ccc(NC[C@@H](O)c2ccc(Cl)cc2)c([N+](=O)[O-])c1. The van der Waals surface area contributed by atoms with E-state index in [-0.39, 0.29) is 29.3 Å². The molecule has 0 saturated heterocycles. The minimum Gasteiger partial charge on any atom is -0.387 e. The lowest BCUT2D eigenvalue weighted by molar-refractivity contribution is -0.384. The normalized spacial score (nSPS) is 11.8. The fourth-order valence-electron chi connectivity index (χ4n) is 2.06. The quantitative estimate of drug-likeness (QED) is 0.478. The molecule has 2 N–H and O–H groups in total. The smallest absolute Gasteiger partial charge is 0.293 e. The average Bonchev–Trinajstić information content (AvgIpc) is 2.52. The van der Waals surface area contributed by atoms with Gasteiger partial charge in [-0.1, -0.05) is 23.7 Å². The van der Waals surface area contributed by atoms with Crippen molar-refractivity contribution in [1.82, 2.24) is 0 Å². The van der Waals surface area contributed by atoms with Crippen molar-refractivity contribution in [2.24, 2.45) is 0 Å². The number of nitro benzene ring substituents is 1. The van der Waals surface area contributed by atoms with Gasteiger partial charge in [-0.25, -0.2) is 0 Å². The highest BCUT2D eigenvalue weighted by atomic mass is 35.5. The molecule has 0 bridgehead atoms. The van der Waals surface area contributed by atoms with Gasteiger partial charge in [-0.05, 0) is 36.8 Å². The standard InChI is InChI=1S/C16H15ClN2O4/c1-10(20)12-4-7-14(15(8-12)19(22)23)18-9-16(21)11-2-5-13(17)6-3-11/h2-8,16,18,21H,9H2,1H3/t16-/m1/s1. The molecule has 0 aliphatic rings. The molecule has 0 fully saturated rings. The molecule has 0 aliphatic carbocycles. The molecule has 6 nitrogen and oxygen atoms in total. The Bertz CT molecular complexity index is 731. The van der Waals surface area contributed by atoms with Gasteiger partial charge in [-0.3, -0.25) is 14.9 Å². The van der Waals surface area contributed by atoms with Crippen LogP contribution in [0.3, 0.4) is 0 Å². The number of carbonyl (C=O) groups excluding carboxylic acids is 1. The summed E-state index contributed by atoms with van der Waals surface area (Å²) in [4.78, 5) is 21.9. The van der Waals surface area contributed by atoms with Crippen molar-refractivity contribution in [3.63, 3.8) is 0 Å². The number of aliphatic hydroxyl groups excluding tert-OH is 1. The van der Waals surface area contributed by atoms with Gasteiger partial charge < -0.3 is 10.4 Å². The summed E-state index contributed by atoms with van der Waals surface area (Å²) in [6, 6.07) is 10.9. The molecule has 120 valence electrons. The minimum atomic E-state index is -0.848. The van der Waals surface area contributed by atoms with Crippen molar-refractivity contribution < 1.29 is 14.8 Å².